The van der Waals surface area contributed by atoms with E-state index in [1.807, 2.05) is 31.2 Å². The summed E-state index contributed by atoms with van der Waals surface area (Å²) in [4.78, 5) is 24.2. The van der Waals surface area contributed by atoms with Crippen molar-refractivity contribution in [1.82, 2.24) is 14.9 Å². The average molecular weight is 378 g/mol. The fraction of sp³-hybridized carbons (Fsp3) is 0.286. The molecule has 7 nitrogen and oxygen atoms in total. The first-order valence-corrected chi connectivity index (χ1v) is 9.21. The molecule has 7 heteroatoms. The summed E-state index contributed by atoms with van der Waals surface area (Å²) in [5.41, 5.74) is 2.47. The van der Waals surface area contributed by atoms with Crippen molar-refractivity contribution in [2.24, 2.45) is 0 Å². The maximum absolute atomic E-state index is 11.3. The number of aromatic hydroxyl groups is 1. The molecule has 0 bridgehead atoms. The summed E-state index contributed by atoms with van der Waals surface area (Å²) >= 11 is 0. The van der Waals surface area contributed by atoms with Crippen LogP contribution >= 0.6 is 0 Å². The Morgan fingerprint density at radius 3 is 2.75 bits per heavy atom. The number of hydrogen-bond donors (Lipinski definition) is 2. The molecule has 0 spiro atoms. The van der Waals surface area contributed by atoms with Gasteiger partial charge in [-0.05, 0) is 43.2 Å². The molecule has 0 aliphatic carbocycles. The Bertz CT molecular complexity index is 1050. The van der Waals surface area contributed by atoms with E-state index in [2.05, 4.69) is 9.88 Å². The van der Waals surface area contributed by atoms with Crippen molar-refractivity contribution in [1.29, 1.82) is 0 Å². The van der Waals surface area contributed by atoms with Crippen LogP contribution in [0.15, 0.2) is 42.5 Å². The third-order valence-corrected chi connectivity index (χ3v) is 5.29. The molecule has 0 radical (unpaired) electrons. The van der Waals surface area contributed by atoms with Gasteiger partial charge in [-0.1, -0.05) is 18.2 Å². The van der Waals surface area contributed by atoms with Crippen molar-refractivity contribution >= 4 is 22.8 Å². The molecule has 1 aromatic heterocycles. The van der Waals surface area contributed by atoms with Crippen LogP contribution in [-0.2, 0) is 0 Å². The van der Waals surface area contributed by atoms with Gasteiger partial charge in [-0.25, -0.2) is 14.8 Å². The maximum atomic E-state index is 11.3. The van der Waals surface area contributed by atoms with E-state index in [9.17, 15) is 15.0 Å². The van der Waals surface area contributed by atoms with Crippen LogP contribution in [0.2, 0.25) is 0 Å². The number of likely N-dealkylation sites (N-methyl/N-ethyl adjacent to an activating group) is 1. The zero-order valence-corrected chi connectivity index (χ0v) is 15.8. The number of aryl methyl sites for hydroxylation is 1. The molecule has 0 unspecified atom stereocenters. The number of nitrogens with zero attached hydrogens (tertiary/aromatic N) is 4. The number of para-hydroxylation sites is 1. The Morgan fingerprint density at radius 1 is 1.21 bits per heavy atom. The number of carboxylic acid groups (broad SMARTS) is 1. The molecule has 2 N–H and O–H groups in total. The second-order valence-corrected chi connectivity index (χ2v) is 7.19. The van der Waals surface area contributed by atoms with Crippen molar-refractivity contribution in [3.8, 4) is 17.1 Å². The summed E-state index contributed by atoms with van der Waals surface area (Å²) in [5, 5.41) is 20.5. The largest absolute Gasteiger partial charge is 0.507 e. The van der Waals surface area contributed by atoms with Gasteiger partial charge in [0.1, 0.15) is 11.6 Å². The van der Waals surface area contributed by atoms with Gasteiger partial charge < -0.3 is 20.0 Å². The normalized spacial score (nSPS) is 16.5. The summed E-state index contributed by atoms with van der Waals surface area (Å²) in [7, 11) is 1.60. The SMILES string of the molecule is Cc1ccc2c(N3CC[C@@H](N(C)C(=O)O)C3)nc(-c3ccccc3O)nc2c1. The van der Waals surface area contributed by atoms with Gasteiger partial charge >= 0.3 is 6.09 Å². The molecule has 0 saturated carbocycles. The Morgan fingerprint density at radius 2 is 2.00 bits per heavy atom. The van der Waals surface area contributed by atoms with Gasteiger partial charge in [0.05, 0.1) is 17.1 Å². The highest BCUT2D eigenvalue weighted by molar-refractivity contribution is 5.92. The van der Waals surface area contributed by atoms with Crippen molar-refractivity contribution in [3.05, 3.63) is 48.0 Å². The Labute approximate surface area is 162 Å². The van der Waals surface area contributed by atoms with E-state index in [1.54, 1.807) is 25.2 Å². The number of anilines is 1. The number of fused-ring (bicyclic) bond motifs is 1. The average Bonchev–Trinajstić information content (AvgIpc) is 3.16. The summed E-state index contributed by atoms with van der Waals surface area (Å²) < 4.78 is 0. The third-order valence-electron chi connectivity index (χ3n) is 5.29. The quantitative estimate of drug-likeness (QED) is 0.725. The Balaban J connectivity index is 1.81. The summed E-state index contributed by atoms with van der Waals surface area (Å²) in [6.45, 7) is 3.29. The van der Waals surface area contributed by atoms with Crippen molar-refractivity contribution < 1.29 is 15.0 Å². The summed E-state index contributed by atoms with van der Waals surface area (Å²) in [5.74, 6) is 1.36. The topological polar surface area (TPSA) is 89.8 Å². The first-order chi connectivity index (χ1) is 13.4. The zero-order valence-electron chi connectivity index (χ0n) is 15.8. The van der Waals surface area contributed by atoms with Gasteiger partial charge in [0, 0.05) is 25.5 Å². The number of benzene rings is 2. The maximum Gasteiger partial charge on any atom is 0.407 e. The molecule has 3 aromatic rings. The lowest BCUT2D eigenvalue weighted by molar-refractivity contribution is 0.142. The van der Waals surface area contributed by atoms with Crippen LogP contribution in [-0.4, -0.2) is 57.4 Å². The number of hydrogen-bond acceptors (Lipinski definition) is 5. The van der Waals surface area contributed by atoms with Gasteiger partial charge in [0.15, 0.2) is 5.82 Å². The molecular formula is C21H22N4O3. The molecule has 1 amide bonds. The minimum absolute atomic E-state index is 0.0819. The molecule has 28 heavy (non-hydrogen) atoms. The zero-order chi connectivity index (χ0) is 19.8. The first-order valence-electron chi connectivity index (χ1n) is 9.21. The molecule has 4 rings (SSSR count). The number of phenols is 1. The minimum atomic E-state index is -0.926. The van der Waals surface area contributed by atoms with Crippen molar-refractivity contribution in [2.45, 2.75) is 19.4 Å². The lowest BCUT2D eigenvalue weighted by atomic mass is 10.1. The number of phenolic OH excluding ortho intramolecular Hbond substituents is 1. The molecule has 2 heterocycles. The lowest BCUT2D eigenvalue weighted by Crippen LogP contribution is -2.38. The number of carbonyl (C=O) groups is 1. The standard InChI is InChI=1S/C21H22N4O3/c1-13-7-8-15-17(11-13)22-19(16-5-3-4-6-18(16)26)23-20(15)25-10-9-14(12-25)24(2)21(27)28/h3-8,11,14,26H,9-10,12H2,1-2H3,(H,27,28)/t14-/m1/s1. The van der Waals surface area contributed by atoms with Crippen molar-refractivity contribution in [2.75, 3.05) is 25.0 Å². The number of aromatic nitrogens is 2. The summed E-state index contributed by atoms with van der Waals surface area (Å²) in [6.07, 6.45) is -0.184. The third kappa shape index (κ3) is 3.19. The second-order valence-electron chi connectivity index (χ2n) is 7.19. The van der Waals surface area contributed by atoms with Crippen LogP contribution < -0.4 is 4.90 Å². The Hall–Kier alpha value is -3.35. The van der Waals surface area contributed by atoms with Crippen LogP contribution in [0.5, 0.6) is 5.75 Å². The predicted octanol–water partition coefficient (Wildman–Crippen LogP) is 3.50. The lowest BCUT2D eigenvalue weighted by Gasteiger charge is -2.23. The van der Waals surface area contributed by atoms with E-state index in [0.29, 0.717) is 24.5 Å². The Kier molecular flexibility index (Phi) is 4.50. The molecule has 1 aliphatic heterocycles. The predicted molar refractivity (Wildman–Crippen MR) is 108 cm³/mol. The van der Waals surface area contributed by atoms with Gasteiger partial charge in [0.2, 0.25) is 0 Å². The number of amides is 1. The second kappa shape index (κ2) is 6.99. The van der Waals surface area contributed by atoms with Crippen LogP contribution in [0.1, 0.15) is 12.0 Å². The van der Waals surface area contributed by atoms with E-state index < -0.39 is 6.09 Å². The molecule has 144 valence electrons. The van der Waals surface area contributed by atoms with Gasteiger partial charge in [0.25, 0.3) is 0 Å². The molecule has 1 fully saturated rings. The highest BCUT2D eigenvalue weighted by Gasteiger charge is 2.30. The minimum Gasteiger partial charge on any atom is -0.507 e. The van der Waals surface area contributed by atoms with E-state index in [-0.39, 0.29) is 11.8 Å². The van der Waals surface area contributed by atoms with Crippen LogP contribution in [0.25, 0.3) is 22.3 Å². The van der Waals surface area contributed by atoms with Gasteiger partial charge in [-0.2, -0.15) is 0 Å². The molecule has 2 aromatic carbocycles. The first kappa shape index (κ1) is 18.0. The fourth-order valence-corrected chi connectivity index (χ4v) is 3.65. The van der Waals surface area contributed by atoms with Gasteiger partial charge in [-0.3, -0.25) is 0 Å². The van der Waals surface area contributed by atoms with Crippen LogP contribution in [0.3, 0.4) is 0 Å². The highest BCUT2D eigenvalue weighted by Crippen LogP contribution is 2.33. The van der Waals surface area contributed by atoms with E-state index in [4.69, 9.17) is 4.98 Å². The van der Waals surface area contributed by atoms with E-state index in [1.165, 1.54) is 4.90 Å². The fourth-order valence-electron chi connectivity index (χ4n) is 3.65. The smallest absolute Gasteiger partial charge is 0.407 e. The number of rotatable bonds is 3. The molecular weight excluding hydrogens is 356 g/mol. The highest BCUT2D eigenvalue weighted by atomic mass is 16.4. The monoisotopic (exact) mass is 378 g/mol. The molecule has 1 saturated heterocycles. The van der Waals surface area contributed by atoms with Crippen molar-refractivity contribution in [3.63, 3.8) is 0 Å². The van der Waals surface area contributed by atoms with Gasteiger partial charge in [-0.15, -0.1) is 0 Å². The van der Waals surface area contributed by atoms with Crippen LogP contribution in [0.4, 0.5) is 10.6 Å². The molecule has 1 aliphatic rings. The summed E-state index contributed by atoms with van der Waals surface area (Å²) in [6, 6.07) is 13.0. The van der Waals surface area contributed by atoms with E-state index in [0.717, 1.165) is 28.7 Å². The van der Waals surface area contributed by atoms with E-state index >= 15 is 0 Å². The molecule has 1 atom stereocenters. The van der Waals surface area contributed by atoms with Crippen LogP contribution in [0, 0.1) is 6.92 Å².